The largest absolute Gasteiger partial charge is 0.543 e. The van der Waals surface area contributed by atoms with Gasteiger partial charge in [0.05, 0.1) is 28.9 Å². The van der Waals surface area contributed by atoms with E-state index in [0.29, 0.717) is 22.5 Å². The first-order valence-electron chi connectivity index (χ1n) is 8.41. The molecule has 3 aromatic heterocycles. The van der Waals surface area contributed by atoms with Crippen LogP contribution in [0.3, 0.4) is 0 Å². The second-order valence-corrected chi connectivity index (χ2v) is 6.54. The van der Waals surface area contributed by atoms with Crippen LogP contribution in [0.25, 0.3) is 22.0 Å². The third kappa shape index (κ3) is 3.24. The molecule has 11 heteroatoms. The molecule has 0 amide bonds. The van der Waals surface area contributed by atoms with Crippen molar-refractivity contribution in [3.8, 4) is 11.1 Å². The average Bonchev–Trinajstić information content (AvgIpc) is 3.33. The third-order valence-electron chi connectivity index (χ3n) is 4.54. The number of hydrogen-bond acceptors (Lipinski definition) is 6. The van der Waals surface area contributed by atoms with Crippen LogP contribution in [-0.2, 0) is 12.7 Å². The monoisotopic (exact) mass is 404 g/mol. The summed E-state index contributed by atoms with van der Waals surface area (Å²) >= 11 is 0. The number of aromatic carboxylic acids is 1. The predicted molar refractivity (Wildman–Crippen MR) is 91.7 cm³/mol. The van der Waals surface area contributed by atoms with Gasteiger partial charge in [0.2, 0.25) is 0 Å². The SMILES string of the molecule is Cc1cc(Cn2nc(C(=O)[O-])c(-c3cc(C(F)(F)F)cc4[nH]ncc34)c2C)on1. The molecule has 0 saturated carbocycles. The number of aryl methyl sites for hydroxylation is 1. The molecule has 1 aromatic carbocycles. The topological polar surface area (TPSA) is 113 Å². The van der Waals surface area contributed by atoms with E-state index in [1.54, 1.807) is 19.9 Å². The van der Waals surface area contributed by atoms with Gasteiger partial charge in [-0.25, -0.2) is 0 Å². The number of carboxylic acids is 1. The lowest BCUT2D eigenvalue weighted by atomic mass is 9.97. The number of nitrogens with one attached hydrogen (secondary N) is 1. The van der Waals surface area contributed by atoms with Crippen LogP contribution in [0.4, 0.5) is 13.2 Å². The van der Waals surface area contributed by atoms with Gasteiger partial charge in [-0.3, -0.25) is 9.78 Å². The van der Waals surface area contributed by atoms with Crippen LogP contribution >= 0.6 is 0 Å². The number of alkyl halides is 3. The van der Waals surface area contributed by atoms with E-state index in [1.807, 2.05) is 0 Å². The Morgan fingerprint density at radius 2 is 2.03 bits per heavy atom. The lowest BCUT2D eigenvalue weighted by Crippen LogP contribution is -2.24. The highest BCUT2D eigenvalue weighted by atomic mass is 19.4. The van der Waals surface area contributed by atoms with E-state index in [-0.39, 0.29) is 23.2 Å². The standard InChI is InChI=1S/C18H14F3N5O3/c1-8-3-11(29-25-8)7-26-9(2)15(16(24-26)17(27)28)12-4-10(18(19,20)21)5-14-13(12)6-22-23-14/h3-6H,7H2,1-2H3,(H,22,23)(H,27,28)/p-1. The Morgan fingerprint density at radius 1 is 1.28 bits per heavy atom. The van der Waals surface area contributed by atoms with Crippen molar-refractivity contribution in [3.63, 3.8) is 0 Å². The first-order valence-corrected chi connectivity index (χ1v) is 8.41. The Bertz CT molecular complexity index is 1240. The highest BCUT2D eigenvalue weighted by Gasteiger charge is 2.33. The van der Waals surface area contributed by atoms with Gasteiger partial charge in [0.25, 0.3) is 0 Å². The molecule has 0 aliphatic carbocycles. The molecule has 150 valence electrons. The molecule has 0 radical (unpaired) electrons. The first-order chi connectivity index (χ1) is 13.6. The lowest BCUT2D eigenvalue weighted by Gasteiger charge is -2.12. The highest BCUT2D eigenvalue weighted by molar-refractivity contribution is 6.02. The molecule has 0 unspecified atom stereocenters. The Balaban J connectivity index is 1.95. The zero-order valence-corrected chi connectivity index (χ0v) is 15.2. The summed E-state index contributed by atoms with van der Waals surface area (Å²) in [6.07, 6.45) is -3.29. The van der Waals surface area contributed by atoms with E-state index in [2.05, 4.69) is 20.5 Å². The molecule has 0 saturated heterocycles. The number of hydrogen-bond donors (Lipinski definition) is 1. The Labute approximate surface area is 160 Å². The number of carbonyl (C=O) groups is 1. The molecule has 0 fully saturated rings. The second kappa shape index (κ2) is 6.47. The quantitative estimate of drug-likeness (QED) is 0.559. The van der Waals surface area contributed by atoms with Crippen molar-refractivity contribution in [2.75, 3.05) is 0 Å². The fraction of sp³-hybridized carbons (Fsp3) is 0.222. The molecule has 8 nitrogen and oxygen atoms in total. The van der Waals surface area contributed by atoms with Gasteiger partial charge in [0, 0.05) is 22.7 Å². The molecular weight excluding hydrogens is 391 g/mol. The summed E-state index contributed by atoms with van der Waals surface area (Å²) in [5.41, 5.74) is -0.258. The number of aromatic nitrogens is 5. The summed E-state index contributed by atoms with van der Waals surface area (Å²) in [7, 11) is 0. The van der Waals surface area contributed by atoms with E-state index in [4.69, 9.17) is 4.52 Å². The summed E-state index contributed by atoms with van der Waals surface area (Å²) in [6, 6.07) is 3.46. The fourth-order valence-corrected chi connectivity index (χ4v) is 3.23. The predicted octanol–water partition coefficient (Wildman–Crippen LogP) is 2.46. The molecule has 0 atom stereocenters. The van der Waals surface area contributed by atoms with Crippen molar-refractivity contribution >= 4 is 16.9 Å². The zero-order valence-electron chi connectivity index (χ0n) is 15.2. The van der Waals surface area contributed by atoms with Gasteiger partial charge >= 0.3 is 6.18 Å². The minimum atomic E-state index is -4.63. The Kier molecular flexibility index (Phi) is 4.17. The number of benzene rings is 1. The molecular formula is C18H13F3N5O3-. The maximum atomic E-state index is 13.4. The summed E-state index contributed by atoms with van der Waals surface area (Å²) in [5, 5.41) is 26.1. The number of carboxylic acid groups (broad SMARTS) is 1. The van der Waals surface area contributed by atoms with Crippen molar-refractivity contribution in [2.45, 2.75) is 26.6 Å². The normalized spacial score (nSPS) is 12.0. The second-order valence-electron chi connectivity index (χ2n) is 6.54. The van der Waals surface area contributed by atoms with Crippen LogP contribution in [0.2, 0.25) is 0 Å². The van der Waals surface area contributed by atoms with Crippen LogP contribution < -0.4 is 5.11 Å². The van der Waals surface area contributed by atoms with Crippen molar-refractivity contribution in [1.29, 1.82) is 0 Å². The van der Waals surface area contributed by atoms with Crippen LogP contribution in [-0.4, -0.2) is 31.1 Å². The van der Waals surface area contributed by atoms with Crippen molar-refractivity contribution in [2.24, 2.45) is 0 Å². The lowest BCUT2D eigenvalue weighted by molar-refractivity contribution is -0.255. The van der Waals surface area contributed by atoms with Gasteiger partial charge < -0.3 is 14.4 Å². The van der Waals surface area contributed by atoms with Crippen molar-refractivity contribution in [1.82, 2.24) is 25.1 Å². The minimum Gasteiger partial charge on any atom is -0.543 e. The summed E-state index contributed by atoms with van der Waals surface area (Å²) in [6.45, 7) is 3.34. The smallest absolute Gasteiger partial charge is 0.416 e. The number of H-pyrrole nitrogens is 1. The van der Waals surface area contributed by atoms with Gasteiger partial charge in [-0.05, 0) is 31.5 Å². The maximum absolute atomic E-state index is 13.4. The summed E-state index contributed by atoms with van der Waals surface area (Å²) in [4.78, 5) is 11.7. The number of rotatable bonds is 4. The minimum absolute atomic E-state index is 0.0266. The van der Waals surface area contributed by atoms with Gasteiger partial charge in [-0.15, -0.1) is 0 Å². The third-order valence-corrected chi connectivity index (χ3v) is 4.54. The number of nitrogens with zero attached hydrogens (tertiary/aromatic N) is 4. The molecule has 0 spiro atoms. The number of carbonyl (C=O) groups excluding carboxylic acids is 1. The molecule has 29 heavy (non-hydrogen) atoms. The first kappa shape index (κ1) is 18.7. The van der Waals surface area contributed by atoms with E-state index in [0.717, 1.165) is 12.1 Å². The van der Waals surface area contributed by atoms with Gasteiger partial charge in [0.15, 0.2) is 5.76 Å². The average molecular weight is 404 g/mol. The molecule has 3 heterocycles. The van der Waals surface area contributed by atoms with E-state index < -0.39 is 23.4 Å². The molecule has 0 aliphatic rings. The van der Waals surface area contributed by atoms with Crippen molar-refractivity contribution in [3.05, 3.63) is 52.8 Å². The van der Waals surface area contributed by atoms with Gasteiger partial charge in [-0.2, -0.15) is 23.4 Å². The van der Waals surface area contributed by atoms with Crippen LogP contribution in [0.1, 0.15) is 33.2 Å². The molecule has 1 N–H and O–H groups in total. The maximum Gasteiger partial charge on any atom is 0.416 e. The molecule has 0 aliphatic heterocycles. The Hall–Kier alpha value is -3.63. The van der Waals surface area contributed by atoms with Crippen LogP contribution in [0.5, 0.6) is 0 Å². The number of fused-ring (bicyclic) bond motifs is 1. The highest BCUT2D eigenvalue weighted by Crippen LogP contribution is 2.38. The molecule has 0 bridgehead atoms. The van der Waals surface area contributed by atoms with E-state index in [9.17, 15) is 23.1 Å². The molecule has 4 aromatic rings. The fourth-order valence-electron chi connectivity index (χ4n) is 3.23. The number of halogens is 3. The summed E-state index contributed by atoms with van der Waals surface area (Å²) < 4.78 is 46.6. The summed E-state index contributed by atoms with van der Waals surface area (Å²) in [5.74, 6) is -1.19. The zero-order chi connectivity index (χ0) is 20.9. The molecule has 4 rings (SSSR count). The van der Waals surface area contributed by atoms with Gasteiger partial charge in [-0.1, -0.05) is 5.16 Å². The van der Waals surface area contributed by atoms with Crippen LogP contribution in [0.15, 0.2) is 28.9 Å². The van der Waals surface area contributed by atoms with Gasteiger partial charge in [0.1, 0.15) is 12.2 Å². The number of aromatic amines is 1. The Morgan fingerprint density at radius 3 is 2.66 bits per heavy atom. The van der Waals surface area contributed by atoms with Crippen LogP contribution in [0, 0.1) is 13.8 Å². The van der Waals surface area contributed by atoms with Crippen molar-refractivity contribution < 1.29 is 27.6 Å². The van der Waals surface area contributed by atoms with E-state index >= 15 is 0 Å². The van der Waals surface area contributed by atoms with E-state index in [1.165, 1.54) is 10.9 Å².